The Morgan fingerprint density at radius 1 is 1.39 bits per heavy atom. The molecular formula is C10H12ClFN6. The molecule has 0 radical (unpaired) electrons. The van der Waals surface area contributed by atoms with Crippen LogP contribution in [0.4, 0.5) is 4.39 Å². The van der Waals surface area contributed by atoms with E-state index >= 15 is 0 Å². The molecule has 3 rings (SSSR count). The number of hydrogen-bond acceptors (Lipinski definition) is 5. The van der Waals surface area contributed by atoms with Crippen molar-refractivity contribution in [1.29, 1.82) is 0 Å². The lowest BCUT2D eigenvalue weighted by Crippen LogP contribution is -2.33. The Kier molecular flexibility index (Phi) is 3.53. The minimum Gasteiger partial charge on any atom is -0.308 e. The molecule has 2 aromatic rings. The molecule has 2 aromatic heterocycles. The van der Waals surface area contributed by atoms with Crippen LogP contribution in [0.15, 0.2) is 12.4 Å². The van der Waals surface area contributed by atoms with Crippen LogP contribution in [0.1, 0.15) is 18.3 Å². The standard InChI is InChI=1S/C10H11FN6.ClH/c1-6-2-9-8(5-12-6)15-16-17(9)10-13-3-7(11)4-14-10;/h3-4,6,12H,2,5H2,1H3;1H. The summed E-state index contributed by atoms with van der Waals surface area (Å²) in [6.45, 7) is 2.78. The summed E-state index contributed by atoms with van der Waals surface area (Å²) in [7, 11) is 0. The van der Waals surface area contributed by atoms with Crippen molar-refractivity contribution in [2.75, 3.05) is 0 Å². The van der Waals surface area contributed by atoms with Crippen LogP contribution in [0.25, 0.3) is 5.95 Å². The van der Waals surface area contributed by atoms with E-state index in [2.05, 4.69) is 32.5 Å². The van der Waals surface area contributed by atoms with Crippen molar-refractivity contribution in [1.82, 2.24) is 30.3 Å². The molecule has 18 heavy (non-hydrogen) atoms. The first-order valence-electron chi connectivity index (χ1n) is 5.39. The summed E-state index contributed by atoms with van der Waals surface area (Å²) in [5.41, 5.74) is 1.89. The van der Waals surface area contributed by atoms with E-state index in [1.54, 1.807) is 4.68 Å². The molecule has 0 aromatic carbocycles. The van der Waals surface area contributed by atoms with Crippen LogP contribution in [-0.2, 0) is 13.0 Å². The maximum absolute atomic E-state index is 12.7. The van der Waals surface area contributed by atoms with Crippen LogP contribution in [0, 0.1) is 5.82 Å². The summed E-state index contributed by atoms with van der Waals surface area (Å²) < 4.78 is 14.3. The third-order valence-corrected chi connectivity index (χ3v) is 2.76. The van der Waals surface area contributed by atoms with Gasteiger partial charge in [-0.05, 0) is 6.92 Å². The zero-order valence-corrected chi connectivity index (χ0v) is 10.5. The fraction of sp³-hybridized carbons (Fsp3) is 0.400. The summed E-state index contributed by atoms with van der Waals surface area (Å²) >= 11 is 0. The van der Waals surface area contributed by atoms with E-state index in [1.807, 2.05) is 0 Å². The average molecular weight is 271 g/mol. The summed E-state index contributed by atoms with van der Waals surface area (Å²) in [6.07, 6.45) is 3.06. The number of halogens is 2. The van der Waals surface area contributed by atoms with E-state index in [9.17, 15) is 4.39 Å². The fourth-order valence-corrected chi connectivity index (χ4v) is 1.88. The molecule has 0 spiro atoms. The molecule has 1 aliphatic heterocycles. The lowest BCUT2D eigenvalue weighted by Gasteiger charge is -2.19. The van der Waals surface area contributed by atoms with Gasteiger partial charge in [0, 0.05) is 19.0 Å². The van der Waals surface area contributed by atoms with Crippen LogP contribution in [0.2, 0.25) is 0 Å². The largest absolute Gasteiger partial charge is 0.308 e. The van der Waals surface area contributed by atoms with Crippen molar-refractivity contribution in [3.63, 3.8) is 0 Å². The third-order valence-electron chi connectivity index (χ3n) is 2.76. The van der Waals surface area contributed by atoms with Gasteiger partial charge in [0.15, 0.2) is 5.82 Å². The van der Waals surface area contributed by atoms with E-state index < -0.39 is 5.82 Å². The molecule has 0 bridgehead atoms. The molecule has 0 saturated carbocycles. The molecular weight excluding hydrogens is 259 g/mol. The molecule has 96 valence electrons. The molecule has 0 saturated heterocycles. The average Bonchev–Trinajstić information content (AvgIpc) is 2.73. The summed E-state index contributed by atoms with van der Waals surface area (Å²) in [5.74, 6) is -0.105. The molecule has 1 atom stereocenters. The van der Waals surface area contributed by atoms with E-state index in [4.69, 9.17) is 0 Å². The van der Waals surface area contributed by atoms with Crippen LogP contribution >= 0.6 is 12.4 Å². The summed E-state index contributed by atoms with van der Waals surface area (Å²) in [4.78, 5) is 7.82. The van der Waals surface area contributed by atoms with Crippen LogP contribution < -0.4 is 5.32 Å². The fourth-order valence-electron chi connectivity index (χ4n) is 1.88. The van der Waals surface area contributed by atoms with E-state index in [1.165, 1.54) is 0 Å². The maximum atomic E-state index is 12.7. The SMILES string of the molecule is CC1Cc2c(nnn2-c2ncc(F)cn2)CN1.Cl. The molecule has 1 N–H and O–H groups in total. The molecule has 1 unspecified atom stereocenters. The highest BCUT2D eigenvalue weighted by Crippen LogP contribution is 2.16. The van der Waals surface area contributed by atoms with Gasteiger partial charge < -0.3 is 5.32 Å². The second-order valence-electron chi connectivity index (χ2n) is 4.08. The van der Waals surface area contributed by atoms with Gasteiger partial charge in [0.25, 0.3) is 5.95 Å². The normalized spacial score (nSPS) is 18.0. The second-order valence-corrected chi connectivity index (χ2v) is 4.08. The zero-order valence-electron chi connectivity index (χ0n) is 9.67. The number of aromatic nitrogens is 5. The molecule has 6 nitrogen and oxygen atoms in total. The van der Waals surface area contributed by atoms with Crippen molar-refractivity contribution in [2.45, 2.75) is 25.9 Å². The minimum absolute atomic E-state index is 0. The highest BCUT2D eigenvalue weighted by molar-refractivity contribution is 5.85. The lowest BCUT2D eigenvalue weighted by atomic mass is 10.1. The lowest BCUT2D eigenvalue weighted by molar-refractivity contribution is 0.496. The zero-order chi connectivity index (χ0) is 11.8. The Morgan fingerprint density at radius 2 is 2.11 bits per heavy atom. The quantitative estimate of drug-likeness (QED) is 0.824. The smallest absolute Gasteiger partial charge is 0.252 e. The topological polar surface area (TPSA) is 68.5 Å². The van der Waals surface area contributed by atoms with E-state index in [0.717, 1.165) is 30.2 Å². The molecule has 3 heterocycles. The first-order chi connectivity index (χ1) is 8.24. The number of hydrogen-bond donors (Lipinski definition) is 1. The van der Waals surface area contributed by atoms with Gasteiger partial charge in [-0.2, -0.15) is 4.68 Å². The van der Waals surface area contributed by atoms with Crippen molar-refractivity contribution in [2.24, 2.45) is 0 Å². The number of nitrogens with zero attached hydrogens (tertiary/aromatic N) is 5. The first-order valence-corrected chi connectivity index (χ1v) is 5.39. The van der Waals surface area contributed by atoms with Gasteiger partial charge in [0.05, 0.1) is 18.1 Å². The van der Waals surface area contributed by atoms with Gasteiger partial charge >= 0.3 is 0 Å². The number of rotatable bonds is 1. The predicted molar refractivity (Wildman–Crippen MR) is 64.2 cm³/mol. The highest BCUT2D eigenvalue weighted by Gasteiger charge is 2.22. The van der Waals surface area contributed by atoms with Crippen molar-refractivity contribution < 1.29 is 4.39 Å². The summed E-state index contributed by atoms with van der Waals surface area (Å²) in [5, 5.41) is 11.4. The van der Waals surface area contributed by atoms with Crippen molar-refractivity contribution in [3.05, 3.63) is 29.6 Å². The van der Waals surface area contributed by atoms with Crippen LogP contribution in [0.5, 0.6) is 0 Å². The van der Waals surface area contributed by atoms with Gasteiger partial charge in [-0.3, -0.25) is 0 Å². The van der Waals surface area contributed by atoms with Crippen molar-refractivity contribution in [3.8, 4) is 5.95 Å². The molecule has 0 fully saturated rings. The van der Waals surface area contributed by atoms with Gasteiger partial charge in [-0.15, -0.1) is 17.5 Å². The van der Waals surface area contributed by atoms with Crippen molar-refractivity contribution >= 4 is 12.4 Å². The van der Waals surface area contributed by atoms with E-state index in [0.29, 0.717) is 18.5 Å². The summed E-state index contributed by atoms with van der Waals surface area (Å²) in [6, 6.07) is 0.361. The Balaban J connectivity index is 0.00000120. The maximum Gasteiger partial charge on any atom is 0.252 e. The third kappa shape index (κ3) is 2.19. The number of fused-ring (bicyclic) bond motifs is 1. The number of nitrogens with one attached hydrogen (secondary N) is 1. The van der Waals surface area contributed by atoms with Gasteiger partial charge in [-0.1, -0.05) is 5.21 Å². The Labute approximate surface area is 109 Å². The second kappa shape index (κ2) is 4.95. The molecule has 0 amide bonds. The molecule has 8 heteroatoms. The Hall–Kier alpha value is -1.60. The Morgan fingerprint density at radius 3 is 2.83 bits per heavy atom. The van der Waals surface area contributed by atoms with Gasteiger partial charge in [0.2, 0.25) is 0 Å². The van der Waals surface area contributed by atoms with Gasteiger partial charge in [-0.25, -0.2) is 14.4 Å². The first kappa shape index (κ1) is 12.8. The van der Waals surface area contributed by atoms with E-state index in [-0.39, 0.29) is 12.4 Å². The Bertz CT molecular complexity index is 540. The molecule has 1 aliphatic rings. The minimum atomic E-state index is -0.460. The molecule has 0 aliphatic carbocycles. The highest BCUT2D eigenvalue weighted by atomic mass is 35.5. The van der Waals surface area contributed by atoms with Crippen LogP contribution in [-0.4, -0.2) is 31.0 Å². The van der Waals surface area contributed by atoms with Gasteiger partial charge in [0.1, 0.15) is 5.69 Å². The predicted octanol–water partition coefficient (Wildman–Crippen LogP) is 0.652. The van der Waals surface area contributed by atoms with Crippen LogP contribution in [0.3, 0.4) is 0 Å². The monoisotopic (exact) mass is 270 g/mol.